The first-order valence-electron chi connectivity index (χ1n) is 7.27. The number of anilines is 1. The summed E-state index contributed by atoms with van der Waals surface area (Å²) in [6, 6.07) is 7.07. The van der Waals surface area contributed by atoms with Crippen LogP contribution >= 0.6 is 0 Å². The van der Waals surface area contributed by atoms with E-state index in [1.54, 1.807) is 37.6 Å². The van der Waals surface area contributed by atoms with Crippen LogP contribution in [0.15, 0.2) is 30.5 Å². The number of hydrogen-bond acceptors (Lipinski definition) is 3. The molecule has 0 radical (unpaired) electrons. The van der Waals surface area contributed by atoms with E-state index >= 15 is 0 Å². The van der Waals surface area contributed by atoms with Crippen LogP contribution in [0.3, 0.4) is 0 Å². The van der Waals surface area contributed by atoms with Gasteiger partial charge < -0.3 is 15.0 Å². The van der Waals surface area contributed by atoms with Gasteiger partial charge >= 0.3 is 0 Å². The zero-order valence-corrected chi connectivity index (χ0v) is 12.6. The molecule has 1 aliphatic rings. The average molecular weight is 298 g/mol. The first-order valence-corrected chi connectivity index (χ1v) is 7.27. The second kappa shape index (κ2) is 5.67. The van der Waals surface area contributed by atoms with Gasteiger partial charge in [0.1, 0.15) is 5.75 Å². The van der Waals surface area contributed by atoms with Gasteiger partial charge in [0.05, 0.1) is 18.2 Å². The average Bonchev–Trinajstić information content (AvgIpc) is 2.92. The second-order valence-electron chi connectivity index (χ2n) is 5.68. The number of hydrogen-bond donors (Lipinski definition) is 2. The van der Waals surface area contributed by atoms with Crippen molar-refractivity contribution in [3.8, 4) is 5.75 Å². The van der Waals surface area contributed by atoms with Crippen molar-refractivity contribution in [1.82, 2.24) is 4.98 Å². The fourth-order valence-electron chi connectivity index (χ4n) is 2.84. The van der Waals surface area contributed by atoms with Gasteiger partial charge in [0.2, 0.25) is 0 Å². The Labute approximate surface area is 128 Å². The highest BCUT2D eigenvalue weighted by Crippen LogP contribution is 2.28. The molecule has 0 saturated carbocycles. The lowest BCUT2D eigenvalue weighted by Crippen LogP contribution is -2.21. The van der Waals surface area contributed by atoms with Gasteiger partial charge in [-0.2, -0.15) is 0 Å². The van der Waals surface area contributed by atoms with Crippen LogP contribution < -0.4 is 10.1 Å². The number of carbonyl (C=O) groups is 2. The molecule has 1 atom stereocenters. The van der Waals surface area contributed by atoms with Crippen LogP contribution in [-0.4, -0.2) is 23.8 Å². The number of fused-ring (bicyclic) bond motifs is 1. The predicted octanol–water partition coefficient (Wildman–Crippen LogP) is 3.04. The minimum Gasteiger partial charge on any atom is -0.497 e. The van der Waals surface area contributed by atoms with E-state index in [-0.39, 0.29) is 11.7 Å². The highest BCUT2D eigenvalue weighted by molar-refractivity contribution is 6.13. The maximum absolute atomic E-state index is 12.4. The smallest absolute Gasteiger partial charge is 0.257 e. The number of ketones is 1. The predicted molar refractivity (Wildman–Crippen MR) is 83.6 cm³/mol. The maximum Gasteiger partial charge on any atom is 0.257 e. The van der Waals surface area contributed by atoms with Crippen LogP contribution in [0.1, 0.15) is 39.8 Å². The molecule has 0 aliphatic heterocycles. The van der Waals surface area contributed by atoms with Crippen LogP contribution in [0.4, 0.5) is 5.69 Å². The van der Waals surface area contributed by atoms with Crippen molar-refractivity contribution in [2.24, 2.45) is 5.92 Å². The van der Waals surface area contributed by atoms with E-state index in [0.29, 0.717) is 29.2 Å². The number of benzene rings is 1. The second-order valence-corrected chi connectivity index (χ2v) is 5.68. The van der Waals surface area contributed by atoms with Gasteiger partial charge in [0, 0.05) is 24.0 Å². The number of aromatic nitrogens is 1. The minimum absolute atomic E-state index is 0.0369. The number of rotatable bonds is 3. The first kappa shape index (κ1) is 14.4. The monoisotopic (exact) mass is 298 g/mol. The molecular weight excluding hydrogens is 280 g/mol. The lowest BCUT2D eigenvalue weighted by molar-refractivity contribution is 0.0940. The van der Waals surface area contributed by atoms with E-state index in [0.717, 1.165) is 17.9 Å². The number of Topliss-reactive ketones (excluding diaryl/α,β-unsaturated/α-hetero) is 1. The van der Waals surface area contributed by atoms with Gasteiger partial charge in [-0.15, -0.1) is 0 Å². The molecule has 2 aromatic rings. The summed E-state index contributed by atoms with van der Waals surface area (Å²) in [5, 5.41) is 2.81. The van der Waals surface area contributed by atoms with Crippen molar-refractivity contribution in [3.63, 3.8) is 0 Å². The molecule has 0 fully saturated rings. The summed E-state index contributed by atoms with van der Waals surface area (Å²) in [6.07, 6.45) is 2.92. The Morgan fingerprint density at radius 2 is 2.00 bits per heavy atom. The van der Waals surface area contributed by atoms with Crippen LogP contribution in [0.25, 0.3) is 0 Å². The Balaban J connectivity index is 1.82. The molecule has 1 aromatic heterocycles. The topological polar surface area (TPSA) is 71.2 Å². The molecule has 3 rings (SSSR count). The van der Waals surface area contributed by atoms with Crippen molar-refractivity contribution < 1.29 is 14.3 Å². The Morgan fingerprint density at radius 3 is 2.68 bits per heavy atom. The van der Waals surface area contributed by atoms with Crippen LogP contribution in [-0.2, 0) is 6.42 Å². The van der Waals surface area contributed by atoms with Crippen molar-refractivity contribution >= 4 is 17.4 Å². The van der Waals surface area contributed by atoms with Gasteiger partial charge in [-0.25, -0.2) is 0 Å². The van der Waals surface area contributed by atoms with Crippen molar-refractivity contribution in [2.75, 3.05) is 12.4 Å². The third-order valence-corrected chi connectivity index (χ3v) is 3.92. The molecular formula is C17H18N2O3. The van der Waals surface area contributed by atoms with E-state index in [2.05, 4.69) is 10.3 Å². The minimum atomic E-state index is -0.273. The number of amides is 1. The van der Waals surface area contributed by atoms with Crippen LogP contribution in [0, 0.1) is 5.92 Å². The molecule has 22 heavy (non-hydrogen) atoms. The summed E-state index contributed by atoms with van der Waals surface area (Å²) in [5.41, 5.74) is 2.49. The lowest BCUT2D eigenvalue weighted by atomic mass is 9.86. The van der Waals surface area contributed by atoms with Gasteiger partial charge in [-0.1, -0.05) is 6.92 Å². The van der Waals surface area contributed by atoms with Crippen LogP contribution in [0.2, 0.25) is 0 Å². The Kier molecular flexibility index (Phi) is 3.71. The number of carbonyl (C=O) groups excluding carboxylic acids is 2. The van der Waals surface area contributed by atoms with E-state index in [1.807, 2.05) is 6.92 Å². The summed E-state index contributed by atoms with van der Waals surface area (Å²) >= 11 is 0. The fraction of sp³-hybridized carbons (Fsp3) is 0.294. The van der Waals surface area contributed by atoms with E-state index in [9.17, 15) is 9.59 Å². The summed E-state index contributed by atoms with van der Waals surface area (Å²) in [6.45, 7) is 2.04. The van der Waals surface area contributed by atoms with Gasteiger partial charge in [0.15, 0.2) is 5.78 Å². The molecule has 1 aliphatic carbocycles. The third kappa shape index (κ3) is 2.62. The van der Waals surface area contributed by atoms with E-state index in [4.69, 9.17) is 4.74 Å². The standard InChI is InChI=1S/C17H18N2O3/c1-10-7-14-16(15(20)8-10)13(9-18-14)17(21)19-11-3-5-12(22-2)6-4-11/h3-6,9-10,18H,7-8H2,1-2H3,(H,19,21). The molecule has 1 heterocycles. The van der Waals surface area contributed by atoms with Gasteiger partial charge in [-0.05, 0) is 36.6 Å². The number of ether oxygens (including phenoxy) is 1. The number of nitrogens with one attached hydrogen (secondary N) is 2. The van der Waals surface area contributed by atoms with Crippen molar-refractivity contribution in [2.45, 2.75) is 19.8 Å². The molecule has 5 heteroatoms. The number of methoxy groups -OCH3 is 1. The van der Waals surface area contributed by atoms with Gasteiger partial charge in [-0.3, -0.25) is 9.59 Å². The summed E-state index contributed by atoms with van der Waals surface area (Å²) in [5.74, 6) is 0.804. The molecule has 5 nitrogen and oxygen atoms in total. The van der Waals surface area contributed by atoms with E-state index < -0.39 is 0 Å². The molecule has 1 unspecified atom stereocenters. The largest absolute Gasteiger partial charge is 0.497 e. The SMILES string of the molecule is COc1ccc(NC(=O)c2c[nH]c3c2C(=O)CC(C)C3)cc1. The molecule has 0 bridgehead atoms. The number of H-pyrrole nitrogens is 1. The molecule has 0 saturated heterocycles. The Hall–Kier alpha value is -2.56. The fourth-order valence-corrected chi connectivity index (χ4v) is 2.84. The maximum atomic E-state index is 12.4. The number of aromatic amines is 1. The zero-order valence-electron chi connectivity index (χ0n) is 12.6. The molecule has 0 spiro atoms. The molecule has 1 aromatic carbocycles. The summed E-state index contributed by atoms with van der Waals surface area (Å²) < 4.78 is 5.08. The van der Waals surface area contributed by atoms with Gasteiger partial charge in [0.25, 0.3) is 5.91 Å². The Bertz CT molecular complexity index is 716. The Morgan fingerprint density at radius 1 is 1.27 bits per heavy atom. The molecule has 2 N–H and O–H groups in total. The molecule has 114 valence electrons. The third-order valence-electron chi connectivity index (χ3n) is 3.92. The summed E-state index contributed by atoms with van der Waals surface area (Å²) in [7, 11) is 1.59. The lowest BCUT2D eigenvalue weighted by Gasteiger charge is -2.17. The highest BCUT2D eigenvalue weighted by atomic mass is 16.5. The van der Waals surface area contributed by atoms with Crippen molar-refractivity contribution in [3.05, 3.63) is 47.3 Å². The highest BCUT2D eigenvalue weighted by Gasteiger charge is 2.29. The normalized spacial score (nSPS) is 17.0. The quantitative estimate of drug-likeness (QED) is 0.915. The van der Waals surface area contributed by atoms with Crippen LogP contribution in [0.5, 0.6) is 5.75 Å². The van der Waals surface area contributed by atoms with Crippen molar-refractivity contribution in [1.29, 1.82) is 0 Å². The zero-order chi connectivity index (χ0) is 15.7. The molecule has 1 amide bonds. The first-order chi connectivity index (χ1) is 10.6. The summed E-state index contributed by atoms with van der Waals surface area (Å²) in [4.78, 5) is 27.7. The van der Waals surface area contributed by atoms with E-state index in [1.165, 1.54) is 0 Å².